The lowest BCUT2D eigenvalue weighted by atomic mass is 9.86. The molecular formula is C23H27NO5. The van der Waals surface area contributed by atoms with Crippen LogP contribution in [0.2, 0.25) is 0 Å². The maximum atomic E-state index is 11.9. The van der Waals surface area contributed by atoms with E-state index in [0.29, 0.717) is 30.3 Å². The van der Waals surface area contributed by atoms with Gasteiger partial charge in [-0.15, -0.1) is 0 Å². The zero-order chi connectivity index (χ0) is 20.6. The molecule has 0 saturated carbocycles. The third kappa shape index (κ3) is 5.37. The van der Waals surface area contributed by atoms with Crippen molar-refractivity contribution in [1.82, 2.24) is 5.32 Å². The molecule has 6 nitrogen and oxygen atoms in total. The summed E-state index contributed by atoms with van der Waals surface area (Å²) in [6.07, 6.45) is 10.8. The predicted octanol–water partition coefficient (Wildman–Crippen LogP) is 2.35. The number of aliphatic hydroxyl groups is 1. The maximum Gasteiger partial charge on any atom is 0.167 e. The molecule has 0 bridgehead atoms. The van der Waals surface area contributed by atoms with Crippen LogP contribution in [0.3, 0.4) is 0 Å². The summed E-state index contributed by atoms with van der Waals surface area (Å²) >= 11 is 0. The Balaban J connectivity index is 1.41. The van der Waals surface area contributed by atoms with E-state index in [1.54, 1.807) is 26.4 Å². The minimum Gasteiger partial charge on any atom is -0.493 e. The number of rotatable bonds is 10. The molecule has 2 aliphatic carbocycles. The number of allylic oxidation sites excluding steroid dienone is 7. The Labute approximate surface area is 171 Å². The molecule has 1 aromatic carbocycles. The van der Waals surface area contributed by atoms with E-state index >= 15 is 0 Å². The largest absolute Gasteiger partial charge is 0.493 e. The number of nitrogens with one attached hydrogen (secondary N) is 1. The maximum absolute atomic E-state index is 11.9. The highest BCUT2D eigenvalue weighted by molar-refractivity contribution is 5.97. The van der Waals surface area contributed by atoms with Gasteiger partial charge in [-0.05, 0) is 42.8 Å². The molecule has 2 N–H and O–H groups in total. The number of carbonyl (C=O) groups is 1. The van der Waals surface area contributed by atoms with Crippen molar-refractivity contribution in [2.45, 2.75) is 12.5 Å². The van der Waals surface area contributed by atoms with Crippen molar-refractivity contribution in [2.24, 2.45) is 5.92 Å². The van der Waals surface area contributed by atoms with Crippen molar-refractivity contribution in [2.75, 3.05) is 33.9 Å². The summed E-state index contributed by atoms with van der Waals surface area (Å²) in [6.45, 7) is 1.28. The van der Waals surface area contributed by atoms with E-state index in [2.05, 4.69) is 5.32 Å². The summed E-state index contributed by atoms with van der Waals surface area (Å²) in [4.78, 5) is 11.9. The topological polar surface area (TPSA) is 77.0 Å². The standard InChI is InChI=1S/C23H27NO5/c1-27-22-10-9-16(13-23(22)28-2)11-12-24-14-17(25)15-29-21-8-4-5-18-19(21)6-3-7-20(18)26/h3-10,13,17-18,24-25H,11-12,14-15H2,1-2H3/t17-,18?/m0/s1. The van der Waals surface area contributed by atoms with Crippen LogP contribution in [-0.2, 0) is 16.0 Å². The molecule has 0 fully saturated rings. The summed E-state index contributed by atoms with van der Waals surface area (Å²) in [5, 5.41) is 13.4. The third-order valence-electron chi connectivity index (χ3n) is 4.86. The Kier molecular flexibility index (Phi) is 7.27. The van der Waals surface area contributed by atoms with Crippen molar-refractivity contribution in [3.05, 3.63) is 71.6 Å². The third-order valence-corrected chi connectivity index (χ3v) is 4.86. The molecule has 2 atom stereocenters. The van der Waals surface area contributed by atoms with E-state index in [1.807, 2.05) is 42.5 Å². The van der Waals surface area contributed by atoms with Crippen LogP contribution >= 0.6 is 0 Å². The molecule has 6 heteroatoms. The number of methoxy groups -OCH3 is 2. The van der Waals surface area contributed by atoms with Gasteiger partial charge in [0.05, 0.1) is 20.1 Å². The SMILES string of the molecule is COc1ccc(CCNC[C@H](O)COC2=CC=CC3C(=O)C=CC=C23)cc1OC. The molecule has 154 valence electrons. The van der Waals surface area contributed by atoms with E-state index in [0.717, 1.165) is 17.6 Å². The zero-order valence-electron chi connectivity index (χ0n) is 16.8. The summed E-state index contributed by atoms with van der Waals surface area (Å²) in [6, 6.07) is 5.83. The van der Waals surface area contributed by atoms with Gasteiger partial charge in [-0.2, -0.15) is 0 Å². The number of fused-ring (bicyclic) bond motifs is 1. The minimum atomic E-state index is -0.652. The van der Waals surface area contributed by atoms with Gasteiger partial charge in [0.15, 0.2) is 17.3 Å². The second-order valence-electron chi connectivity index (χ2n) is 6.89. The molecule has 0 spiro atoms. The first-order valence-corrected chi connectivity index (χ1v) is 9.66. The van der Waals surface area contributed by atoms with Crippen molar-refractivity contribution in [3.8, 4) is 11.5 Å². The molecule has 1 aromatic rings. The Bertz CT molecular complexity index is 853. The van der Waals surface area contributed by atoms with E-state index < -0.39 is 6.10 Å². The number of ketones is 1. The van der Waals surface area contributed by atoms with Gasteiger partial charge in [0.2, 0.25) is 0 Å². The molecule has 0 heterocycles. The number of hydrogen-bond acceptors (Lipinski definition) is 6. The van der Waals surface area contributed by atoms with Gasteiger partial charge >= 0.3 is 0 Å². The molecule has 1 unspecified atom stereocenters. The normalized spacial score (nSPS) is 18.6. The molecule has 2 aliphatic rings. The average Bonchev–Trinajstić information content (AvgIpc) is 2.75. The van der Waals surface area contributed by atoms with Crippen molar-refractivity contribution in [3.63, 3.8) is 0 Å². The van der Waals surface area contributed by atoms with Gasteiger partial charge in [0, 0.05) is 12.1 Å². The average molecular weight is 397 g/mol. The molecule has 3 rings (SSSR count). The van der Waals surface area contributed by atoms with Gasteiger partial charge in [-0.25, -0.2) is 0 Å². The van der Waals surface area contributed by atoms with Crippen molar-refractivity contribution < 1.29 is 24.1 Å². The van der Waals surface area contributed by atoms with Crippen LogP contribution < -0.4 is 14.8 Å². The van der Waals surface area contributed by atoms with Crippen LogP contribution in [0.5, 0.6) is 11.5 Å². The zero-order valence-corrected chi connectivity index (χ0v) is 16.8. The smallest absolute Gasteiger partial charge is 0.167 e. The highest BCUT2D eigenvalue weighted by Gasteiger charge is 2.26. The minimum absolute atomic E-state index is 0.0466. The highest BCUT2D eigenvalue weighted by Crippen LogP contribution is 2.30. The predicted molar refractivity (Wildman–Crippen MR) is 111 cm³/mol. The summed E-state index contributed by atoms with van der Waals surface area (Å²) in [7, 11) is 3.23. The van der Waals surface area contributed by atoms with E-state index in [1.165, 1.54) is 0 Å². The summed E-state index contributed by atoms with van der Waals surface area (Å²) < 4.78 is 16.3. The van der Waals surface area contributed by atoms with Crippen LogP contribution in [0.1, 0.15) is 5.56 Å². The second-order valence-corrected chi connectivity index (χ2v) is 6.89. The lowest BCUT2D eigenvalue weighted by Gasteiger charge is -2.24. The molecule has 0 aromatic heterocycles. The van der Waals surface area contributed by atoms with Crippen LogP contribution in [0, 0.1) is 5.92 Å². The number of aliphatic hydroxyl groups excluding tert-OH is 1. The Morgan fingerprint density at radius 3 is 2.76 bits per heavy atom. The van der Waals surface area contributed by atoms with Crippen LogP contribution in [0.25, 0.3) is 0 Å². The number of benzene rings is 1. The molecule has 0 saturated heterocycles. The summed E-state index contributed by atoms with van der Waals surface area (Å²) in [5.41, 5.74) is 1.96. The van der Waals surface area contributed by atoms with Crippen molar-refractivity contribution >= 4 is 5.78 Å². The fraction of sp³-hybridized carbons (Fsp3) is 0.348. The first-order chi connectivity index (χ1) is 14.1. The molecule has 0 radical (unpaired) electrons. The highest BCUT2D eigenvalue weighted by atomic mass is 16.5. The number of ether oxygens (including phenoxy) is 3. The first-order valence-electron chi connectivity index (χ1n) is 9.66. The van der Waals surface area contributed by atoms with Crippen LogP contribution in [0.4, 0.5) is 0 Å². The van der Waals surface area contributed by atoms with Gasteiger partial charge in [-0.3, -0.25) is 4.79 Å². The summed E-state index contributed by atoms with van der Waals surface area (Å²) in [5.74, 6) is 1.81. The number of carbonyl (C=O) groups excluding carboxylic acids is 1. The molecule has 0 aliphatic heterocycles. The number of hydrogen-bond donors (Lipinski definition) is 2. The van der Waals surface area contributed by atoms with Gasteiger partial charge < -0.3 is 24.6 Å². The van der Waals surface area contributed by atoms with Crippen molar-refractivity contribution in [1.29, 1.82) is 0 Å². The van der Waals surface area contributed by atoms with Gasteiger partial charge in [0.25, 0.3) is 0 Å². The van der Waals surface area contributed by atoms with E-state index in [9.17, 15) is 9.90 Å². The Hall–Kier alpha value is -2.83. The quantitative estimate of drug-likeness (QED) is 0.590. The fourth-order valence-electron chi connectivity index (χ4n) is 3.31. The van der Waals surface area contributed by atoms with Crippen LogP contribution in [0.15, 0.2) is 66.0 Å². The lowest BCUT2D eigenvalue weighted by molar-refractivity contribution is -0.116. The first kappa shape index (κ1) is 20.9. The monoisotopic (exact) mass is 397 g/mol. The Morgan fingerprint density at radius 2 is 1.97 bits per heavy atom. The molecular weight excluding hydrogens is 370 g/mol. The van der Waals surface area contributed by atoms with Crippen LogP contribution in [-0.4, -0.2) is 50.9 Å². The van der Waals surface area contributed by atoms with E-state index in [-0.39, 0.29) is 18.3 Å². The van der Waals surface area contributed by atoms with Gasteiger partial charge in [0.1, 0.15) is 18.5 Å². The van der Waals surface area contributed by atoms with Gasteiger partial charge in [-0.1, -0.05) is 30.4 Å². The second kappa shape index (κ2) is 10.1. The Morgan fingerprint density at radius 1 is 1.14 bits per heavy atom. The fourth-order valence-corrected chi connectivity index (χ4v) is 3.31. The lowest BCUT2D eigenvalue weighted by Crippen LogP contribution is -2.32. The molecule has 29 heavy (non-hydrogen) atoms. The van der Waals surface area contributed by atoms with E-state index in [4.69, 9.17) is 14.2 Å². The molecule has 0 amide bonds.